The van der Waals surface area contributed by atoms with Gasteiger partial charge in [-0.2, -0.15) is 0 Å². The van der Waals surface area contributed by atoms with Crippen LogP contribution in [-0.4, -0.2) is 39.0 Å². The normalized spacial score (nSPS) is 14.2. The minimum atomic E-state index is -0.565. The molecule has 2 N–H and O–H groups in total. The predicted octanol–water partition coefficient (Wildman–Crippen LogP) is 1.91. The van der Waals surface area contributed by atoms with E-state index in [1.54, 1.807) is 14.2 Å². The summed E-state index contributed by atoms with van der Waals surface area (Å²) in [5.41, 5.74) is 1.94. The van der Waals surface area contributed by atoms with Crippen molar-refractivity contribution in [2.45, 2.75) is 20.0 Å². The molecule has 2 atom stereocenters. The highest BCUT2D eigenvalue weighted by molar-refractivity contribution is 5.38. The van der Waals surface area contributed by atoms with Gasteiger partial charge < -0.3 is 19.9 Å². The molecule has 0 radical (unpaired) electrons. The predicted molar refractivity (Wildman–Crippen MR) is 76.6 cm³/mol. The van der Waals surface area contributed by atoms with Gasteiger partial charge in [-0.15, -0.1) is 0 Å². The number of nitrogens with one attached hydrogen (secondary N) is 1. The highest BCUT2D eigenvalue weighted by Gasteiger charge is 2.13. The van der Waals surface area contributed by atoms with Crippen molar-refractivity contribution in [2.24, 2.45) is 5.92 Å². The maximum atomic E-state index is 10.2. The zero-order valence-corrected chi connectivity index (χ0v) is 12.3. The molecule has 0 aromatic heterocycles. The Kier molecular flexibility index (Phi) is 6.84. The van der Waals surface area contributed by atoms with Crippen LogP contribution in [-0.2, 0) is 4.74 Å². The Bertz CT molecular complexity index is 382. The van der Waals surface area contributed by atoms with Crippen LogP contribution in [0.1, 0.15) is 24.2 Å². The lowest BCUT2D eigenvalue weighted by Gasteiger charge is -2.17. The van der Waals surface area contributed by atoms with Gasteiger partial charge in [0, 0.05) is 32.4 Å². The van der Waals surface area contributed by atoms with Crippen molar-refractivity contribution >= 4 is 0 Å². The van der Waals surface area contributed by atoms with E-state index < -0.39 is 6.10 Å². The zero-order chi connectivity index (χ0) is 14.3. The van der Waals surface area contributed by atoms with Gasteiger partial charge in [-0.3, -0.25) is 0 Å². The molecule has 2 unspecified atom stereocenters. The lowest BCUT2D eigenvalue weighted by Crippen LogP contribution is -2.28. The third-order valence-electron chi connectivity index (χ3n) is 3.03. The van der Waals surface area contributed by atoms with Crippen molar-refractivity contribution in [3.05, 3.63) is 29.3 Å². The standard InChI is InChI=1S/C15H25NO3/c1-11-5-6-15(19-4)13(7-11)14(17)9-16-8-12(2)10-18-3/h5-7,12,14,16-17H,8-10H2,1-4H3. The van der Waals surface area contributed by atoms with Gasteiger partial charge in [-0.25, -0.2) is 0 Å². The van der Waals surface area contributed by atoms with Gasteiger partial charge in [0.15, 0.2) is 0 Å². The van der Waals surface area contributed by atoms with Crippen molar-refractivity contribution in [3.63, 3.8) is 0 Å². The van der Waals surface area contributed by atoms with E-state index >= 15 is 0 Å². The molecule has 0 bridgehead atoms. The van der Waals surface area contributed by atoms with Crippen molar-refractivity contribution < 1.29 is 14.6 Å². The lowest BCUT2D eigenvalue weighted by molar-refractivity contribution is 0.146. The second kappa shape index (κ2) is 8.15. The number of ether oxygens (including phenoxy) is 2. The molecule has 1 aromatic carbocycles. The largest absolute Gasteiger partial charge is 0.496 e. The number of aliphatic hydroxyl groups excluding tert-OH is 1. The van der Waals surface area contributed by atoms with E-state index in [9.17, 15) is 5.11 Å². The number of aliphatic hydroxyl groups is 1. The van der Waals surface area contributed by atoms with Crippen molar-refractivity contribution in [3.8, 4) is 5.75 Å². The van der Waals surface area contributed by atoms with Crippen LogP contribution in [0.2, 0.25) is 0 Å². The first-order chi connectivity index (χ1) is 9.08. The molecule has 0 aliphatic carbocycles. The first kappa shape index (κ1) is 16.0. The third kappa shape index (κ3) is 5.19. The molecule has 4 heteroatoms. The number of methoxy groups -OCH3 is 2. The molecule has 19 heavy (non-hydrogen) atoms. The fourth-order valence-electron chi connectivity index (χ4n) is 2.03. The second-order valence-electron chi connectivity index (χ2n) is 4.98. The quantitative estimate of drug-likeness (QED) is 0.755. The van der Waals surface area contributed by atoms with Crippen LogP contribution in [0.4, 0.5) is 0 Å². The van der Waals surface area contributed by atoms with Gasteiger partial charge in [0.2, 0.25) is 0 Å². The molecule has 0 saturated heterocycles. The average molecular weight is 267 g/mol. The van der Waals surface area contributed by atoms with Gasteiger partial charge in [-0.1, -0.05) is 18.6 Å². The van der Waals surface area contributed by atoms with Gasteiger partial charge in [0.05, 0.1) is 13.2 Å². The lowest BCUT2D eigenvalue weighted by atomic mass is 10.0. The average Bonchev–Trinajstić information content (AvgIpc) is 2.38. The van der Waals surface area contributed by atoms with Crippen LogP contribution in [0.3, 0.4) is 0 Å². The number of rotatable bonds is 8. The Morgan fingerprint density at radius 1 is 1.26 bits per heavy atom. The monoisotopic (exact) mass is 267 g/mol. The van der Waals surface area contributed by atoms with E-state index in [0.29, 0.717) is 12.5 Å². The van der Waals surface area contributed by atoms with Crippen molar-refractivity contribution in [1.29, 1.82) is 0 Å². The maximum Gasteiger partial charge on any atom is 0.124 e. The molecule has 0 amide bonds. The van der Waals surface area contributed by atoms with E-state index in [4.69, 9.17) is 9.47 Å². The summed E-state index contributed by atoms with van der Waals surface area (Å²) in [6.45, 7) is 6.16. The Balaban J connectivity index is 2.53. The second-order valence-corrected chi connectivity index (χ2v) is 4.98. The van der Waals surface area contributed by atoms with Crippen LogP contribution in [0.25, 0.3) is 0 Å². The zero-order valence-electron chi connectivity index (χ0n) is 12.3. The van der Waals surface area contributed by atoms with E-state index in [0.717, 1.165) is 30.0 Å². The summed E-state index contributed by atoms with van der Waals surface area (Å²) in [5, 5.41) is 13.5. The molecule has 0 fully saturated rings. The molecule has 0 spiro atoms. The molecule has 1 aromatic rings. The van der Waals surface area contributed by atoms with Crippen molar-refractivity contribution in [1.82, 2.24) is 5.32 Å². The molecule has 0 saturated carbocycles. The molecule has 108 valence electrons. The van der Waals surface area contributed by atoms with E-state index in [1.807, 2.05) is 25.1 Å². The van der Waals surface area contributed by atoms with E-state index in [1.165, 1.54) is 0 Å². The fourth-order valence-corrected chi connectivity index (χ4v) is 2.03. The molecule has 0 aliphatic heterocycles. The van der Waals surface area contributed by atoms with Crippen molar-refractivity contribution in [2.75, 3.05) is 33.9 Å². The number of benzene rings is 1. The number of aryl methyl sites for hydroxylation is 1. The molecular weight excluding hydrogens is 242 g/mol. The summed E-state index contributed by atoms with van der Waals surface area (Å²) in [6, 6.07) is 5.83. The summed E-state index contributed by atoms with van der Waals surface area (Å²) >= 11 is 0. The van der Waals surface area contributed by atoms with Crippen LogP contribution < -0.4 is 10.1 Å². The summed E-state index contributed by atoms with van der Waals surface area (Å²) in [6.07, 6.45) is -0.565. The third-order valence-corrected chi connectivity index (χ3v) is 3.03. The highest BCUT2D eigenvalue weighted by atomic mass is 16.5. The molecule has 4 nitrogen and oxygen atoms in total. The maximum absolute atomic E-state index is 10.2. The summed E-state index contributed by atoms with van der Waals surface area (Å²) in [4.78, 5) is 0. The molecule has 0 heterocycles. The Hall–Kier alpha value is -1.10. The fraction of sp³-hybridized carbons (Fsp3) is 0.600. The first-order valence-corrected chi connectivity index (χ1v) is 6.60. The minimum absolute atomic E-state index is 0.427. The van der Waals surface area contributed by atoms with Crippen LogP contribution in [0, 0.1) is 12.8 Å². The Morgan fingerprint density at radius 3 is 2.63 bits per heavy atom. The summed E-state index contributed by atoms with van der Waals surface area (Å²) < 4.78 is 10.4. The van der Waals surface area contributed by atoms with Gasteiger partial charge >= 0.3 is 0 Å². The molecular formula is C15H25NO3. The topological polar surface area (TPSA) is 50.7 Å². The first-order valence-electron chi connectivity index (χ1n) is 6.60. The van der Waals surface area contributed by atoms with E-state index in [2.05, 4.69) is 12.2 Å². The van der Waals surface area contributed by atoms with Gasteiger partial charge in [0.1, 0.15) is 5.75 Å². The van der Waals surface area contributed by atoms with Crippen LogP contribution >= 0.6 is 0 Å². The highest BCUT2D eigenvalue weighted by Crippen LogP contribution is 2.25. The smallest absolute Gasteiger partial charge is 0.124 e. The molecule has 1 rings (SSSR count). The summed E-state index contributed by atoms with van der Waals surface area (Å²) in [5.74, 6) is 1.15. The SMILES string of the molecule is COCC(C)CNCC(O)c1cc(C)ccc1OC. The minimum Gasteiger partial charge on any atom is -0.496 e. The summed E-state index contributed by atoms with van der Waals surface area (Å²) in [7, 11) is 3.32. The van der Waals surface area contributed by atoms with Crippen LogP contribution in [0.5, 0.6) is 5.75 Å². The Morgan fingerprint density at radius 2 is 2.00 bits per heavy atom. The Labute approximate surface area is 115 Å². The van der Waals surface area contributed by atoms with Crippen LogP contribution in [0.15, 0.2) is 18.2 Å². The van der Waals surface area contributed by atoms with E-state index in [-0.39, 0.29) is 0 Å². The molecule has 0 aliphatic rings. The number of hydrogen-bond acceptors (Lipinski definition) is 4. The van der Waals surface area contributed by atoms with Gasteiger partial charge in [0.25, 0.3) is 0 Å². The van der Waals surface area contributed by atoms with Gasteiger partial charge in [-0.05, 0) is 25.0 Å². The number of hydrogen-bond donors (Lipinski definition) is 2.